The molecule has 1 saturated heterocycles. The lowest BCUT2D eigenvalue weighted by molar-refractivity contribution is 0.249. The van der Waals surface area contributed by atoms with Gasteiger partial charge in [0.1, 0.15) is 5.75 Å². The molecule has 1 N–H and O–H groups in total. The molecule has 2 unspecified atom stereocenters. The highest BCUT2D eigenvalue weighted by Gasteiger charge is 2.25. The molecule has 0 radical (unpaired) electrons. The summed E-state index contributed by atoms with van der Waals surface area (Å²) in [6.45, 7) is 1.78. The Morgan fingerprint density at radius 1 is 1.32 bits per heavy atom. The summed E-state index contributed by atoms with van der Waals surface area (Å²) >= 11 is 14.4. The van der Waals surface area contributed by atoms with Gasteiger partial charge in [0.25, 0.3) is 0 Å². The third-order valence-electron chi connectivity index (χ3n) is 3.74. The maximum atomic E-state index is 6.20. The molecule has 1 aromatic rings. The van der Waals surface area contributed by atoms with Crippen LogP contribution in [0.4, 0.5) is 0 Å². The van der Waals surface area contributed by atoms with Crippen LogP contribution in [0.15, 0.2) is 12.1 Å². The number of fused-ring (bicyclic) bond motifs is 1. The molecule has 5 heteroatoms. The predicted molar refractivity (Wildman–Crippen MR) is 82.7 cm³/mol. The van der Waals surface area contributed by atoms with E-state index in [0.29, 0.717) is 22.7 Å². The van der Waals surface area contributed by atoms with E-state index in [9.17, 15) is 0 Å². The second-order valence-electron chi connectivity index (χ2n) is 5.13. The van der Waals surface area contributed by atoms with Crippen LogP contribution >= 0.6 is 35.0 Å². The Bertz CT molecular complexity index is 463. The lowest BCUT2D eigenvalue weighted by Gasteiger charge is -2.28. The SMILES string of the molecule is Clc1cc(Cl)c2c(c1)C(NCC1CCSC1)CCO2. The van der Waals surface area contributed by atoms with Gasteiger partial charge in [-0.3, -0.25) is 0 Å². The summed E-state index contributed by atoms with van der Waals surface area (Å²) in [6, 6.07) is 4.03. The summed E-state index contributed by atoms with van der Waals surface area (Å²) in [5.74, 6) is 4.18. The van der Waals surface area contributed by atoms with Crippen molar-refractivity contribution in [1.29, 1.82) is 0 Å². The highest BCUT2D eigenvalue weighted by Crippen LogP contribution is 2.40. The van der Waals surface area contributed by atoms with Crippen LogP contribution in [0.5, 0.6) is 5.75 Å². The van der Waals surface area contributed by atoms with Crippen molar-refractivity contribution in [3.8, 4) is 5.75 Å². The van der Waals surface area contributed by atoms with Crippen molar-refractivity contribution in [2.24, 2.45) is 5.92 Å². The van der Waals surface area contributed by atoms with E-state index >= 15 is 0 Å². The molecule has 0 amide bonds. The lowest BCUT2D eigenvalue weighted by atomic mass is 9.99. The fraction of sp³-hybridized carbons (Fsp3) is 0.571. The fourth-order valence-electron chi connectivity index (χ4n) is 2.69. The zero-order chi connectivity index (χ0) is 13.2. The molecule has 104 valence electrons. The van der Waals surface area contributed by atoms with Crippen molar-refractivity contribution < 1.29 is 4.74 Å². The molecule has 2 aliphatic heterocycles. The van der Waals surface area contributed by atoms with Gasteiger partial charge in [-0.05, 0) is 42.5 Å². The first-order valence-electron chi connectivity index (χ1n) is 6.67. The molecular weight excluding hydrogens is 301 g/mol. The quantitative estimate of drug-likeness (QED) is 0.904. The lowest BCUT2D eigenvalue weighted by Crippen LogP contribution is -2.31. The molecule has 0 aliphatic carbocycles. The van der Waals surface area contributed by atoms with Gasteiger partial charge in [0.05, 0.1) is 11.6 Å². The Labute approximate surface area is 128 Å². The van der Waals surface area contributed by atoms with Crippen molar-refractivity contribution in [3.05, 3.63) is 27.7 Å². The number of halogens is 2. The van der Waals surface area contributed by atoms with E-state index in [1.54, 1.807) is 6.07 Å². The molecular formula is C14H17Cl2NOS. The van der Waals surface area contributed by atoms with E-state index in [1.807, 2.05) is 6.07 Å². The third-order valence-corrected chi connectivity index (χ3v) is 5.47. The first kappa shape index (κ1) is 13.9. The van der Waals surface area contributed by atoms with Crippen LogP contribution in [0.1, 0.15) is 24.4 Å². The summed E-state index contributed by atoms with van der Waals surface area (Å²) in [5, 5.41) is 4.96. The summed E-state index contributed by atoms with van der Waals surface area (Å²) in [4.78, 5) is 0. The molecule has 0 saturated carbocycles. The predicted octanol–water partition coefficient (Wildman–Crippen LogP) is 4.16. The first-order valence-corrected chi connectivity index (χ1v) is 8.58. The van der Waals surface area contributed by atoms with Gasteiger partial charge in [0.2, 0.25) is 0 Å². The normalized spacial score (nSPS) is 26.0. The van der Waals surface area contributed by atoms with E-state index < -0.39 is 0 Å². The van der Waals surface area contributed by atoms with E-state index in [0.717, 1.165) is 30.2 Å². The first-order chi connectivity index (χ1) is 9.24. The largest absolute Gasteiger partial charge is 0.492 e. The minimum atomic E-state index is 0.311. The Hall–Kier alpha value is -0.0900. The summed E-state index contributed by atoms with van der Waals surface area (Å²) in [6.07, 6.45) is 2.30. The Morgan fingerprint density at radius 2 is 2.21 bits per heavy atom. The number of ether oxygens (including phenoxy) is 1. The van der Waals surface area contributed by atoms with Crippen LogP contribution in [0.3, 0.4) is 0 Å². The molecule has 2 nitrogen and oxygen atoms in total. The molecule has 2 aliphatic rings. The molecule has 1 fully saturated rings. The monoisotopic (exact) mass is 317 g/mol. The molecule has 1 aromatic carbocycles. The molecule has 2 atom stereocenters. The smallest absolute Gasteiger partial charge is 0.142 e. The summed E-state index contributed by atoms with van der Waals surface area (Å²) in [7, 11) is 0. The number of hydrogen-bond donors (Lipinski definition) is 1. The van der Waals surface area contributed by atoms with E-state index in [2.05, 4.69) is 17.1 Å². The Kier molecular flexibility index (Phi) is 4.47. The number of rotatable bonds is 3. The molecule has 3 rings (SSSR count). The molecule has 2 heterocycles. The van der Waals surface area contributed by atoms with Crippen molar-refractivity contribution in [2.45, 2.75) is 18.9 Å². The standard InChI is InChI=1S/C14H17Cl2NOS/c15-10-5-11-13(17-7-9-2-4-19-8-9)1-3-18-14(11)12(16)6-10/h5-6,9,13,17H,1-4,7-8H2. The Morgan fingerprint density at radius 3 is 3.00 bits per heavy atom. The van der Waals surface area contributed by atoms with Crippen molar-refractivity contribution in [1.82, 2.24) is 5.32 Å². The van der Waals surface area contributed by atoms with E-state index in [4.69, 9.17) is 27.9 Å². The average Bonchev–Trinajstić information content (AvgIpc) is 2.89. The van der Waals surface area contributed by atoms with Gasteiger partial charge < -0.3 is 10.1 Å². The minimum Gasteiger partial charge on any atom is -0.492 e. The van der Waals surface area contributed by atoms with Gasteiger partial charge in [-0.1, -0.05) is 23.2 Å². The van der Waals surface area contributed by atoms with Gasteiger partial charge in [0.15, 0.2) is 0 Å². The maximum absolute atomic E-state index is 6.20. The third kappa shape index (κ3) is 3.15. The van der Waals surface area contributed by atoms with Gasteiger partial charge >= 0.3 is 0 Å². The van der Waals surface area contributed by atoms with Crippen LogP contribution < -0.4 is 10.1 Å². The van der Waals surface area contributed by atoms with Crippen molar-refractivity contribution in [2.75, 3.05) is 24.7 Å². The molecule has 0 bridgehead atoms. The minimum absolute atomic E-state index is 0.311. The molecule has 0 spiro atoms. The van der Waals surface area contributed by atoms with Crippen molar-refractivity contribution in [3.63, 3.8) is 0 Å². The second kappa shape index (κ2) is 6.13. The number of nitrogens with one attached hydrogen (secondary N) is 1. The zero-order valence-electron chi connectivity index (χ0n) is 10.6. The van der Waals surface area contributed by atoms with Gasteiger partial charge in [-0.25, -0.2) is 0 Å². The van der Waals surface area contributed by atoms with Crippen LogP contribution in [0.2, 0.25) is 10.0 Å². The topological polar surface area (TPSA) is 21.3 Å². The van der Waals surface area contributed by atoms with Crippen LogP contribution in [-0.4, -0.2) is 24.7 Å². The molecule has 0 aromatic heterocycles. The molecule has 19 heavy (non-hydrogen) atoms. The van der Waals surface area contributed by atoms with E-state index in [-0.39, 0.29) is 0 Å². The summed E-state index contributed by atoms with van der Waals surface area (Å²) < 4.78 is 5.68. The number of hydrogen-bond acceptors (Lipinski definition) is 3. The maximum Gasteiger partial charge on any atom is 0.142 e. The fourth-order valence-corrected chi connectivity index (χ4v) is 4.54. The van der Waals surface area contributed by atoms with Crippen molar-refractivity contribution >= 4 is 35.0 Å². The second-order valence-corrected chi connectivity index (χ2v) is 7.13. The Balaban J connectivity index is 1.74. The van der Waals surface area contributed by atoms with Crippen LogP contribution in [-0.2, 0) is 0 Å². The van der Waals surface area contributed by atoms with E-state index in [1.165, 1.54) is 17.9 Å². The highest BCUT2D eigenvalue weighted by atomic mass is 35.5. The highest BCUT2D eigenvalue weighted by molar-refractivity contribution is 7.99. The van der Waals surface area contributed by atoms with Gasteiger partial charge in [-0.2, -0.15) is 11.8 Å². The average molecular weight is 318 g/mol. The van der Waals surface area contributed by atoms with Crippen LogP contribution in [0.25, 0.3) is 0 Å². The number of benzene rings is 1. The van der Waals surface area contributed by atoms with Gasteiger partial charge in [0, 0.05) is 23.0 Å². The van der Waals surface area contributed by atoms with Gasteiger partial charge in [-0.15, -0.1) is 0 Å². The number of thioether (sulfide) groups is 1. The zero-order valence-corrected chi connectivity index (χ0v) is 13.0. The van der Waals surface area contributed by atoms with Crippen LogP contribution in [0, 0.1) is 5.92 Å². The summed E-state index contributed by atoms with van der Waals surface area (Å²) in [5.41, 5.74) is 1.11.